The number of carbonyl (C=O) groups is 1. The van der Waals surface area contributed by atoms with Crippen LogP contribution in [0.2, 0.25) is 0 Å². The minimum Gasteiger partial charge on any atom is -0.320 e. The van der Waals surface area contributed by atoms with Gasteiger partial charge in [0.15, 0.2) is 0 Å². The Morgan fingerprint density at radius 2 is 2.18 bits per heavy atom. The summed E-state index contributed by atoms with van der Waals surface area (Å²) in [6.45, 7) is 1.30. The average molecular weight is 231 g/mol. The number of pyridine rings is 1. The van der Waals surface area contributed by atoms with Gasteiger partial charge in [-0.3, -0.25) is 19.9 Å². The zero-order valence-corrected chi connectivity index (χ0v) is 9.01. The number of nitro benzene ring substituents is 1. The normalized spacial score (nSPS) is 10.2. The lowest BCUT2D eigenvalue weighted by atomic mass is 10.1. The number of anilines is 1. The van der Waals surface area contributed by atoms with Crippen molar-refractivity contribution in [2.45, 2.75) is 6.92 Å². The van der Waals surface area contributed by atoms with Gasteiger partial charge in [0.1, 0.15) is 5.69 Å². The van der Waals surface area contributed by atoms with E-state index in [-0.39, 0.29) is 17.3 Å². The fourth-order valence-electron chi connectivity index (χ4n) is 1.60. The Bertz CT molecular complexity index is 610. The molecule has 0 spiro atoms. The number of benzene rings is 1. The molecule has 0 atom stereocenters. The molecule has 1 aromatic heterocycles. The molecule has 0 saturated carbocycles. The molecule has 1 aromatic carbocycles. The summed E-state index contributed by atoms with van der Waals surface area (Å²) >= 11 is 0. The van der Waals surface area contributed by atoms with Crippen molar-refractivity contribution in [3.8, 4) is 0 Å². The highest BCUT2D eigenvalue weighted by Crippen LogP contribution is 2.31. The molecule has 0 saturated heterocycles. The number of nitrogens with zero attached hydrogens (tertiary/aromatic N) is 2. The van der Waals surface area contributed by atoms with Crippen LogP contribution < -0.4 is 5.32 Å². The number of hydrogen-bond donors (Lipinski definition) is 1. The van der Waals surface area contributed by atoms with Crippen LogP contribution in [-0.2, 0) is 4.79 Å². The quantitative estimate of drug-likeness (QED) is 0.633. The third-order valence-electron chi connectivity index (χ3n) is 2.26. The SMILES string of the molecule is CC(=O)Nc1c([N+](=O)[O-])ccc2ncccc12. The molecule has 0 fully saturated rings. The number of amides is 1. The van der Waals surface area contributed by atoms with E-state index in [2.05, 4.69) is 10.3 Å². The number of carbonyl (C=O) groups excluding carboxylic acids is 1. The second-order valence-electron chi connectivity index (χ2n) is 3.47. The summed E-state index contributed by atoms with van der Waals surface area (Å²) in [5.41, 5.74) is 0.649. The van der Waals surface area contributed by atoms with E-state index >= 15 is 0 Å². The Hall–Kier alpha value is -2.50. The number of nitro groups is 1. The monoisotopic (exact) mass is 231 g/mol. The van der Waals surface area contributed by atoms with Gasteiger partial charge in [0, 0.05) is 24.6 Å². The first-order chi connectivity index (χ1) is 8.09. The van der Waals surface area contributed by atoms with Crippen LogP contribution in [-0.4, -0.2) is 15.8 Å². The first-order valence-corrected chi connectivity index (χ1v) is 4.89. The number of rotatable bonds is 2. The van der Waals surface area contributed by atoms with Crippen molar-refractivity contribution in [2.75, 3.05) is 5.32 Å². The Labute approximate surface area is 96.4 Å². The van der Waals surface area contributed by atoms with Crippen LogP contribution in [0.15, 0.2) is 30.5 Å². The molecule has 2 aromatic rings. The summed E-state index contributed by atoms with van der Waals surface area (Å²) in [6, 6.07) is 6.23. The molecule has 0 radical (unpaired) electrons. The van der Waals surface area contributed by atoms with Crippen LogP contribution >= 0.6 is 0 Å². The van der Waals surface area contributed by atoms with E-state index in [0.29, 0.717) is 10.9 Å². The van der Waals surface area contributed by atoms with Crippen LogP contribution in [0.4, 0.5) is 11.4 Å². The molecule has 1 heterocycles. The highest BCUT2D eigenvalue weighted by Gasteiger charge is 2.17. The molecule has 0 aliphatic carbocycles. The molecule has 1 N–H and O–H groups in total. The third-order valence-corrected chi connectivity index (χ3v) is 2.26. The third kappa shape index (κ3) is 2.05. The maximum atomic E-state index is 11.1. The smallest absolute Gasteiger partial charge is 0.293 e. The minimum atomic E-state index is -0.530. The van der Waals surface area contributed by atoms with Gasteiger partial charge in [0.25, 0.3) is 5.69 Å². The molecule has 0 bridgehead atoms. The van der Waals surface area contributed by atoms with Gasteiger partial charge in [-0.1, -0.05) is 0 Å². The molecule has 2 rings (SSSR count). The number of aromatic nitrogens is 1. The Kier molecular flexibility index (Phi) is 2.70. The second-order valence-corrected chi connectivity index (χ2v) is 3.47. The maximum absolute atomic E-state index is 11.1. The number of nitrogens with one attached hydrogen (secondary N) is 1. The van der Waals surface area contributed by atoms with Gasteiger partial charge in [-0.2, -0.15) is 0 Å². The minimum absolute atomic E-state index is 0.138. The van der Waals surface area contributed by atoms with Crippen molar-refractivity contribution < 1.29 is 9.72 Å². The van der Waals surface area contributed by atoms with Crippen LogP contribution in [0.3, 0.4) is 0 Å². The van der Waals surface area contributed by atoms with E-state index in [1.807, 2.05) is 0 Å². The fourth-order valence-corrected chi connectivity index (χ4v) is 1.60. The van der Waals surface area contributed by atoms with Crippen molar-refractivity contribution in [3.63, 3.8) is 0 Å². The van der Waals surface area contributed by atoms with Gasteiger partial charge < -0.3 is 5.32 Å². The zero-order chi connectivity index (χ0) is 12.4. The fraction of sp³-hybridized carbons (Fsp3) is 0.0909. The number of hydrogen-bond acceptors (Lipinski definition) is 4. The van der Waals surface area contributed by atoms with E-state index in [1.165, 1.54) is 13.0 Å². The van der Waals surface area contributed by atoms with E-state index < -0.39 is 4.92 Å². The largest absolute Gasteiger partial charge is 0.320 e. The van der Waals surface area contributed by atoms with Crippen molar-refractivity contribution >= 4 is 28.2 Å². The van der Waals surface area contributed by atoms with Gasteiger partial charge in [-0.05, 0) is 18.2 Å². The van der Waals surface area contributed by atoms with Gasteiger partial charge in [-0.15, -0.1) is 0 Å². The van der Waals surface area contributed by atoms with Gasteiger partial charge in [0.05, 0.1) is 10.4 Å². The predicted octanol–water partition coefficient (Wildman–Crippen LogP) is 2.10. The highest BCUT2D eigenvalue weighted by atomic mass is 16.6. The second kappa shape index (κ2) is 4.17. The topological polar surface area (TPSA) is 85.1 Å². The van der Waals surface area contributed by atoms with E-state index in [4.69, 9.17) is 0 Å². The van der Waals surface area contributed by atoms with Crippen LogP contribution in [0.25, 0.3) is 10.9 Å². The molecular weight excluding hydrogens is 222 g/mol. The lowest BCUT2D eigenvalue weighted by molar-refractivity contribution is -0.383. The molecule has 0 unspecified atom stereocenters. The van der Waals surface area contributed by atoms with Crippen LogP contribution in [0, 0.1) is 10.1 Å². The summed E-state index contributed by atoms with van der Waals surface area (Å²) in [7, 11) is 0. The van der Waals surface area contributed by atoms with Crippen LogP contribution in [0.1, 0.15) is 6.92 Å². The molecule has 6 heteroatoms. The zero-order valence-electron chi connectivity index (χ0n) is 9.01. The summed E-state index contributed by atoms with van der Waals surface area (Å²) in [6.07, 6.45) is 1.59. The van der Waals surface area contributed by atoms with Crippen molar-refractivity contribution in [1.82, 2.24) is 4.98 Å². The Morgan fingerprint density at radius 1 is 1.41 bits per heavy atom. The molecule has 0 aliphatic rings. The van der Waals surface area contributed by atoms with E-state index in [0.717, 1.165) is 0 Å². The van der Waals surface area contributed by atoms with Gasteiger partial charge >= 0.3 is 0 Å². The first-order valence-electron chi connectivity index (χ1n) is 4.89. The lowest BCUT2D eigenvalue weighted by Gasteiger charge is -2.06. The molecule has 1 amide bonds. The first kappa shape index (κ1) is 11.0. The standard InChI is InChI=1S/C11H9N3O3/c1-7(15)13-11-8-3-2-6-12-9(8)4-5-10(11)14(16)17/h2-6H,1H3,(H,13,15). The summed E-state index contributed by atoms with van der Waals surface area (Å²) in [4.78, 5) is 25.5. The summed E-state index contributed by atoms with van der Waals surface area (Å²) in [5.74, 6) is -0.357. The molecule has 17 heavy (non-hydrogen) atoms. The lowest BCUT2D eigenvalue weighted by Crippen LogP contribution is -2.08. The molecule has 86 valence electrons. The predicted molar refractivity (Wildman–Crippen MR) is 62.7 cm³/mol. The molecule has 6 nitrogen and oxygen atoms in total. The summed E-state index contributed by atoms with van der Waals surface area (Å²) < 4.78 is 0. The van der Waals surface area contributed by atoms with Crippen molar-refractivity contribution in [2.24, 2.45) is 0 Å². The van der Waals surface area contributed by atoms with E-state index in [9.17, 15) is 14.9 Å². The average Bonchev–Trinajstić information content (AvgIpc) is 2.28. The van der Waals surface area contributed by atoms with Crippen molar-refractivity contribution in [3.05, 3.63) is 40.6 Å². The van der Waals surface area contributed by atoms with Crippen molar-refractivity contribution in [1.29, 1.82) is 0 Å². The van der Waals surface area contributed by atoms with Gasteiger partial charge in [-0.25, -0.2) is 0 Å². The number of fused-ring (bicyclic) bond motifs is 1. The molecule has 0 aliphatic heterocycles. The Balaban J connectivity index is 2.74. The maximum Gasteiger partial charge on any atom is 0.293 e. The van der Waals surface area contributed by atoms with Crippen LogP contribution in [0.5, 0.6) is 0 Å². The molecular formula is C11H9N3O3. The highest BCUT2D eigenvalue weighted by molar-refractivity contribution is 6.04. The van der Waals surface area contributed by atoms with E-state index in [1.54, 1.807) is 24.4 Å². The summed E-state index contributed by atoms with van der Waals surface area (Å²) in [5, 5.41) is 13.9. The van der Waals surface area contributed by atoms with Gasteiger partial charge in [0.2, 0.25) is 5.91 Å². The Morgan fingerprint density at radius 3 is 2.82 bits per heavy atom.